The van der Waals surface area contributed by atoms with Gasteiger partial charge in [0.05, 0.1) is 11.6 Å². The third kappa shape index (κ3) is 6.67. The number of carbonyl (C=O) groups is 1. The number of halogens is 2. The van der Waals surface area contributed by atoms with Crippen molar-refractivity contribution in [3.63, 3.8) is 0 Å². The first-order chi connectivity index (χ1) is 16.6. The number of aromatic hydroxyl groups is 1. The molecule has 0 aliphatic rings. The van der Waals surface area contributed by atoms with Crippen molar-refractivity contribution < 1.29 is 27.2 Å². The fraction of sp³-hybridized carbons (Fsp3) is 0.0833. The topological polar surface area (TPSA) is 126 Å². The molecule has 0 radical (unpaired) electrons. The monoisotopic (exact) mass is 532 g/mol. The summed E-state index contributed by atoms with van der Waals surface area (Å²) in [5.41, 5.74) is 0.421. The molecule has 180 valence electrons. The number of phenolic OH excluding ortho intramolecular Hbond substituents is 1. The molecule has 0 heterocycles. The van der Waals surface area contributed by atoms with Gasteiger partial charge in [-0.05, 0) is 79.2 Å². The number of nitrogens with one attached hydrogen (secondary N) is 1. The predicted octanol–water partition coefficient (Wildman–Crippen LogP) is 5.41. The van der Waals surface area contributed by atoms with Crippen LogP contribution in [0, 0.1) is 11.3 Å². The van der Waals surface area contributed by atoms with E-state index in [0.717, 1.165) is 0 Å². The van der Waals surface area contributed by atoms with Gasteiger partial charge in [-0.15, -0.1) is 0 Å². The Bertz CT molecular complexity index is 1410. The lowest BCUT2D eigenvalue weighted by Crippen LogP contribution is -2.13. The van der Waals surface area contributed by atoms with Gasteiger partial charge in [0.2, 0.25) is 5.75 Å². The molecule has 3 aromatic rings. The summed E-state index contributed by atoms with van der Waals surface area (Å²) in [5.74, 6) is -0.914. The van der Waals surface area contributed by atoms with E-state index >= 15 is 0 Å². The average molecular weight is 533 g/mol. The van der Waals surface area contributed by atoms with E-state index in [1.54, 1.807) is 6.92 Å². The van der Waals surface area contributed by atoms with E-state index < -0.39 is 16.0 Å². The van der Waals surface area contributed by atoms with Gasteiger partial charge in [-0.2, -0.15) is 13.7 Å². The summed E-state index contributed by atoms with van der Waals surface area (Å²) in [7, 11) is -4.26. The first-order valence-electron chi connectivity index (χ1n) is 10.0. The Kier molecular flexibility index (Phi) is 8.25. The second-order valence-electron chi connectivity index (χ2n) is 6.93. The normalized spacial score (nSPS) is 11.4. The van der Waals surface area contributed by atoms with Crippen molar-refractivity contribution in [1.29, 1.82) is 5.26 Å². The van der Waals surface area contributed by atoms with E-state index in [2.05, 4.69) is 5.32 Å². The zero-order valence-electron chi connectivity index (χ0n) is 18.2. The fourth-order valence-corrected chi connectivity index (χ4v) is 4.22. The van der Waals surface area contributed by atoms with Gasteiger partial charge in [0.1, 0.15) is 22.3 Å². The van der Waals surface area contributed by atoms with Crippen LogP contribution in [0.5, 0.6) is 17.2 Å². The predicted molar refractivity (Wildman–Crippen MR) is 132 cm³/mol. The molecule has 0 fully saturated rings. The summed E-state index contributed by atoms with van der Waals surface area (Å²) in [4.78, 5) is 12.4. The van der Waals surface area contributed by atoms with E-state index in [1.165, 1.54) is 66.7 Å². The molecule has 2 N–H and O–H groups in total. The van der Waals surface area contributed by atoms with E-state index in [-0.39, 0.29) is 39.3 Å². The van der Waals surface area contributed by atoms with E-state index in [9.17, 15) is 23.6 Å². The highest BCUT2D eigenvalue weighted by Crippen LogP contribution is 2.39. The van der Waals surface area contributed by atoms with Gasteiger partial charge in [-0.25, -0.2) is 0 Å². The molecule has 3 rings (SSSR count). The fourth-order valence-electron chi connectivity index (χ4n) is 2.83. The van der Waals surface area contributed by atoms with E-state index in [0.29, 0.717) is 16.3 Å². The molecule has 0 aromatic heterocycles. The zero-order chi connectivity index (χ0) is 25.6. The average Bonchev–Trinajstić information content (AvgIpc) is 2.81. The largest absolute Gasteiger partial charge is 0.508 e. The summed E-state index contributed by atoms with van der Waals surface area (Å²) in [6, 6.07) is 15.6. The first-order valence-corrected chi connectivity index (χ1v) is 12.2. The minimum atomic E-state index is -4.26. The number of nitriles is 1. The van der Waals surface area contributed by atoms with Gasteiger partial charge in [-0.3, -0.25) is 4.79 Å². The van der Waals surface area contributed by atoms with Crippen molar-refractivity contribution in [2.24, 2.45) is 0 Å². The van der Waals surface area contributed by atoms with Gasteiger partial charge in [0, 0.05) is 10.7 Å². The lowest BCUT2D eigenvalue weighted by molar-refractivity contribution is -0.112. The number of carbonyl (C=O) groups excluding carboxylic acids is 1. The van der Waals surface area contributed by atoms with Crippen LogP contribution in [0.25, 0.3) is 6.08 Å². The van der Waals surface area contributed by atoms with Crippen molar-refractivity contribution in [2.45, 2.75) is 11.8 Å². The van der Waals surface area contributed by atoms with Gasteiger partial charge in [0.15, 0.2) is 5.75 Å². The molecule has 0 unspecified atom stereocenters. The molecule has 0 atom stereocenters. The van der Waals surface area contributed by atoms with Crippen LogP contribution < -0.4 is 14.2 Å². The second-order valence-corrected chi connectivity index (χ2v) is 9.32. The van der Waals surface area contributed by atoms with E-state index in [4.69, 9.17) is 32.1 Å². The molecule has 11 heteroatoms. The van der Waals surface area contributed by atoms with Crippen LogP contribution in [0.3, 0.4) is 0 Å². The molecule has 35 heavy (non-hydrogen) atoms. The number of ether oxygens (including phenoxy) is 1. The summed E-state index contributed by atoms with van der Waals surface area (Å²) in [6.07, 6.45) is 1.27. The van der Waals surface area contributed by atoms with Crippen LogP contribution in [-0.2, 0) is 14.9 Å². The third-order valence-corrected chi connectivity index (χ3v) is 6.20. The highest BCUT2D eigenvalue weighted by Gasteiger charge is 2.23. The zero-order valence-corrected chi connectivity index (χ0v) is 20.5. The Morgan fingerprint density at radius 2 is 1.77 bits per heavy atom. The van der Waals surface area contributed by atoms with Crippen molar-refractivity contribution in [1.82, 2.24) is 0 Å². The lowest BCUT2D eigenvalue weighted by Gasteiger charge is -2.14. The number of amides is 1. The van der Waals surface area contributed by atoms with Gasteiger partial charge in [0.25, 0.3) is 5.91 Å². The molecule has 0 aliphatic heterocycles. The van der Waals surface area contributed by atoms with E-state index in [1.807, 2.05) is 6.07 Å². The Balaban J connectivity index is 1.93. The van der Waals surface area contributed by atoms with Crippen LogP contribution in [0.1, 0.15) is 12.5 Å². The molecule has 8 nitrogen and oxygen atoms in total. The SMILES string of the molecule is CCOc1cc(/C=C(\C#N)C(=O)Nc2ccc(O)cc2)cc(Cl)c1OS(=O)(=O)c1ccc(Cl)cc1. The minimum absolute atomic E-state index is 0.0000195. The summed E-state index contributed by atoms with van der Waals surface area (Å²) in [5, 5.41) is 21.6. The number of nitrogens with zero attached hydrogens (tertiary/aromatic N) is 1. The first kappa shape index (κ1) is 25.9. The molecule has 3 aromatic carbocycles. The number of benzene rings is 3. The standard InChI is InChI=1S/C24H18Cl2N2O6S/c1-2-33-22-13-15(11-16(14-27)24(30)28-18-5-7-19(29)8-6-18)12-21(26)23(22)34-35(31,32)20-9-3-17(25)4-10-20/h3-13,29H,2H2,1H3,(H,28,30)/b16-11+. The quantitative estimate of drug-likeness (QED) is 0.172. The van der Waals surface area contributed by atoms with Crippen molar-refractivity contribution in [3.05, 3.63) is 81.8 Å². The minimum Gasteiger partial charge on any atom is -0.508 e. The molecule has 0 saturated heterocycles. The molecule has 1 amide bonds. The third-order valence-electron chi connectivity index (χ3n) is 4.43. The van der Waals surface area contributed by atoms with Crippen molar-refractivity contribution >= 4 is 51.0 Å². The molecular weight excluding hydrogens is 515 g/mol. The summed E-state index contributed by atoms with van der Waals surface area (Å²) >= 11 is 12.1. The summed E-state index contributed by atoms with van der Waals surface area (Å²) in [6.45, 7) is 1.84. The van der Waals surface area contributed by atoms with Gasteiger partial charge < -0.3 is 19.3 Å². The number of anilines is 1. The maximum atomic E-state index is 12.7. The maximum Gasteiger partial charge on any atom is 0.339 e. The number of hydrogen-bond donors (Lipinski definition) is 2. The molecular formula is C24H18Cl2N2O6S. The van der Waals surface area contributed by atoms with Crippen LogP contribution in [0.15, 0.2) is 71.1 Å². The Labute approximate surface area is 212 Å². The Morgan fingerprint density at radius 1 is 1.11 bits per heavy atom. The number of phenols is 1. The molecule has 0 saturated carbocycles. The van der Waals surface area contributed by atoms with Crippen LogP contribution in [0.2, 0.25) is 10.0 Å². The number of hydrogen-bond acceptors (Lipinski definition) is 7. The smallest absolute Gasteiger partial charge is 0.339 e. The Hall–Kier alpha value is -3.71. The highest BCUT2D eigenvalue weighted by atomic mass is 35.5. The molecule has 0 spiro atoms. The van der Waals surface area contributed by atoms with Crippen molar-refractivity contribution in [3.8, 4) is 23.3 Å². The van der Waals surface area contributed by atoms with Gasteiger partial charge >= 0.3 is 10.1 Å². The van der Waals surface area contributed by atoms with Crippen LogP contribution >= 0.6 is 23.2 Å². The molecule has 0 bridgehead atoms. The Morgan fingerprint density at radius 3 is 2.37 bits per heavy atom. The van der Waals surface area contributed by atoms with Gasteiger partial charge in [-0.1, -0.05) is 23.2 Å². The van der Waals surface area contributed by atoms with Crippen LogP contribution in [0.4, 0.5) is 5.69 Å². The lowest BCUT2D eigenvalue weighted by atomic mass is 10.1. The van der Waals surface area contributed by atoms with Crippen LogP contribution in [-0.4, -0.2) is 26.0 Å². The highest BCUT2D eigenvalue weighted by molar-refractivity contribution is 7.87. The molecule has 0 aliphatic carbocycles. The maximum absolute atomic E-state index is 12.7. The van der Waals surface area contributed by atoms with Crippen molar-refractivity contribution in [2.75, 3.05) is 11.9 Å². The summed E-state index contributed by atoms with van der Waals surface area (Å²) < 4.78 is 36.2. The number of rotatable bonds is 8. The second kappa shape index (κ2) is 11.1.